The van der Waals surface area contributed by atoms with E-state index in [1.165, 1.54) is 18.4 Å². The van der Waals surface area contributed by atoms with Gasteiger partial charge in [0.2, 0.25) is 6.17 Å². The fourth-order valence-electron chi connectivity index (χ4n) is 2.11. The predicted octanol–water partition coefficient (Wildman–Crippen LogP) is 2.31. The number of nitro benzene ring substituents is 1. The number of non-ortho nitro benzene ring substituents is 1. The summed E-state index contributed by atoms with van der Waals surface area (Å²) >= 11 is 0. The molecular weight excluding hydrogens is 268 g/mol. The van der Waals surface area contributed by atoms with E-state index in [0.29, 0.717) is 11.4 Å². The second kappa shape index (κ2) is 4.23. The van der Waals surface area contributed by atoms with Gasteiger partial charge >= 0.3 is 0 Å². The molecule has 1 aliphatic heterocycles. The van der Waals surface area contributed by atoms with Crippen LogP contribution in [0.3, 0.4) is 0 Å². The van der Waals surface area contributed by atoms with Gasteiger partial charge in [-0.15, -0.1) is 0 Å². The average molecular weight is 276 g/mol. The third-order valence-corrected chi connectivity index (χ3v) is 2.96. The molecule has 9 nitrogen and oxygen atoms in total. The summed E-state index contributed by atoms with van der Waals surface area (Å²) in [6.45, 7) is 0. The lowest BCUT2D eigenvalue weighted by atomic mass is 10.2. The number of anilines is 2. The lowest BCUT2D eigenvalue weighted by molar-refractivity contribution is -0.499. The molecule has 0 spiro atoms. The Labute approximate surface area is 111 Å². The van der Waals surface area contributed by atoms with E-state index in [1.54, 1.807) is 12.1 Å². The Kier molecular flexibility index (Phi) is 2.53. The summed E-state index contributed by atoms with van der Waals surface area (Å²) in [5, 5.41) is 25.1. The van der Waals surface area contributed by atoms with Crippen molar-refractivity contribution in [3.8, 4) is 0 Å². The first-order valence-electron chi connectivity index (χ1n) is 5.60. The molecule has 102 valence electrons. The van der Waals surface area contributed by atoms with Gasteiger partial charge in [-0.3, -0.25) is 10.1 Å². The molecule has 0 amide bonds. The molecule has 2 heterocycles. The van der Waals surface area contributed by atoms with Crippen molar-refractivity contribution in [1.82, 2.24) is 0 Å². The summed E-state index contributed by atoms with van der Waals surface area (Å²) in [5.41, 5.74) is 0.358. The zero-order valence-electron chi connectivity index (χ0n) is 9.92. The van der Waals surface area contributed by atoms with Gasteiger partial charge in [-0.25, -0.2) is 10.1 Å². The first kappa shape index (κ1) is 12.0. The Bertz CT molecular complexity index is 684. The molecule has 1 aliphatic rings. The second-order valence-electron chi connectivity index (χ2n) is 4.10. The highest BCUT2D eigenvalue weighted by Crippen LogP contribution is 2.42. The van der Waals surface area contributed by atoms with Crippen LogP contribution in [0.15, 0.2) is 41.0 Å². The number of benzene rings is 1. The van der Waals surface area contributed by atoms with Gasteiger partial charge in [0, 0.05) is 12.1 Å². The van der Waals surface area contributed by atoms with E-state index in [0.717, 1.165) is 11.1 Å². The summed E-state index contributed by atoms with van der Waals surface area (Å²) in [4.78, 5) is 21.4. The van der Waals surface area contributed by atoms with E-state index in [2.05, 4.69) is 5.32 Å². The smallest absolute Gasteiger partial charge is 0.271 e. The van der Waals surface area contributed by atoms with Crippen molar-refractivity contribution >= 4 is 17.1 Å². The van der Waals surface area contributed by atoms with E-state index in [1.807, 2.05) is 0 Å². The zero-order valence-corrected chi connectivity index (χ0v) is 9.92. The molecule has 0 saturated carbocycles. The maximum atomic E-state index is 11.2. The molecule has 1 aromatic heterocycles. The van der Waals surface area contributed by atoms with E-state index < -0.39 is 16.1 Å². The topological polar surface area (TPSA) is 115 Å². The molecule has 0 bridgehead atoms. The van der Waals surface area contributed by atoms with Crippen LogP contribution >= 0.6 is 0 Å². The highest BCUT2D eigenvalue weighted by molar-refractivity contribution is 5.77. The van der Waals surface area contributed by atoms with Crippen LogP contribution in [0.4, 0.5) is 17.1 Å². The van der Waals surface area contributed by atoms with Gasteiger partial charge in [0.25, 0.3) is 5.69 Å². The number of nitrogens with zero attached hydrogens (tertiary/aromatic N) is 3. The number of hydrazine groups is 1. The molecule has 2 aromatic rings. The Morgan fingerprint density at radius 1 is 1.25 bits per heavy atom. The normalized spacial score (nSPS) is 16.6. The number of nitro groups is 2. The SMILES string of the molecule is O=[N+]([O-])c1ccc2c(c1)N([N+](=O)[O-])C(c1ccco1)N2. The Balaban J connectivity index is 2.08. The number of furan rings is 1. The predicted molar refractivity (Wildman–Crippen MR) is 67.6 cm³/mol. The Morgan fingerprint density at radius 2 is 2.05 bits per heavy atom. The third-order valence-electron chi connectivity index (χ3n) is 2.96. The quantitative estimate of drug-likeness (QED) is 0.675. The van der Waals surface area contributed by atoms with E-state index in [9.17, 15) is 20.2 Å². The molecule has 1 atom stereocenters. The maximum absolute atomic E-state index is 11.2. The monoisotopic (exact) mass is 276 g/mol. The van der Waals surface area contributed by atoms with Crippen molar-refractivity contribution < 1.29 is 14.4 Å². The van der Waals surface area contributed by atoms with Gasteiger partial charge in [-0.2, -0.15) is 0 Å². The van der Waals surface area contributed by atoms with E-state index in [4.69, 9.17) is 4.42 Å². The molecule has 3 rings (SSSR count). The highest BCUT2D eigenvalue weighted by Gasteiger charge is 2.41. The molecule has 0 aliphatic carbocycles. The van der Waals surface area contributed by atoms with Crippen molar-refractivity contribution in [3.05, 3.63) is 62.6 Å². The van der Waals surface area contributed by atoms with Crippen LogP contribution in [0.25, 0.3) is 0 Å². The van der Waals surface area contributed by atoms with Crippen LogP contribution in [0.2, 0.25) is 0 Å². The summed E-state index contributed by atoms with van der Waals surface area (Å²) in [7, 11) is 0. The van der Waals surface area contributed by atoms with Crippen molar-refractivity contribution in [2.24, 2.45) is 0 Å². The van der Waals surface area contributed by atoms with Crippen molar-refractivity contribution in [3.63, 3.8) is 0 Å². The van der Waals surface area contributed by atoms with Gasteiger partial charge < -0.3 is 9.73 Å². The lowest BCUT2D eigenvalue weighted by Crippen LogP contribution is -2.33. The third kappa shape index (κ3) is 1.72. The first-order valence-corrected chi connectivity index (χ1v) is 5.60. The fraction of sp³-hybridized carbons (Fsp3) is 0.0909. The molecule has 20 heavy (non-hydrogen) atoms. The van der Waals surface area contributed by atoms with Crippen molar-refractivity contribution in [1.29, 1.82) is 0 Å². The van der Waals surface area contributed by atoms with Crippen LogP contribution < -0.4 is 10.3 Å². The van der Waals surface area contributed by atoms with Gasteiger partial charge in [0.1, 0.15) is 5.69 Å². The van der Waals surface area contributed by atoms with Crippen LogP contribution in [0, 0.1) is 20.2 Å². The Hall–Kier alpha value is -3.10. The van der Waals surface area contributed by atoms with Gasteiger partial charge in [0.15, 0.2) is 10.8 Å². The highest BCUT2D eigenvalue weighted by atomic mass is 16.7. The summed E-state index contributed by atoms with van der Waals surface area (Å²) in [6, 6.07) is 7.09. The van der Waals surface area contributed by atoms with Gasteiger partial charge in [-0.05, 0) is 18.2 Å². The fourth-order valence-corrected chi connectivity index (χ4v) is 2.11. The minimum atomic E-state index is -0.836. The number of hydrogen-bond donors (Lipinski definition) is 1. The molecular formula is C11H8N4O5. The largest absolute Gasteiger partial charge is 0.465 e. The number of fused-ring (bicyclic) bond motifs is 1. The number of hydrogen-bond acceptors (Lipinski definition) is 6. The van der Waals surface area contributed by atoms with Crippen LogP contribution in [-0.2, 0) is 0 Å². The van der Waals surface area contributed by atoms with E-state index in [-0.39, 0.29) is 11.4 Å². The summed E-state index contributed by atoms with van der Waals surface area (Å²) < 4.78 is 5.16. The second-order valence-corrected chi connectivity index (χ2v) is 4.10. The summed E-state index contributed by atoms with van der Waals surface area (Å²) in [5.74, 6) is 0.348. The standard InChI is InChI=1S/C11H8N4O5/c16-14(17)7-3-4-8-9(6-7)13(15(18)19)11(12-8)10-2-1-5-20-10/h1-6,11-12H. The molecule has 1 unspecified atom stereocenters. The van der Waals surface area contributed by atoms with Crippen LogP contribution in [-0.4, -0.2) is 9.96 Å². The van der Waals surface area contributed by atoms with E-state index >= 15 is 0 Å². The first-order chi connectivity index (χ1) is 9.58. The Morgan fingerprint density at radius 3 is 2.65 bits per heavy atom. The molecule has 0 saturated heterocycles. The lowest BCUT2D eigenvalue weighted by Gasteiger charge is -2.14. The van der Waals surface area contributed by atoms with Gasteiger partial charge in [-0.1, -0.05) is 5.01 Å². The summed E-state index contributed by atoms with van der Waals surface area (Å²) in [6.07, 6.45) is 0.567. The minimum absolute atomic E-state index is 0.130. The van der Waals surface area contributed by atoms with Crippen molar-refractivity contribution in [2.75, 3.05) is 10.3 Å². The molecule has 1 N–H and O–H groups in total. The maximum Gasteiger partial charge on any atom is 0.271 e. The van der Waals surface area contributed by atoms with Gasteiger partial charge in [0.05, 0.1) is 16.9 Å². The van der Waals surface area contributed by atoms with Crippen LogP contribution in [0.5, 0.6) is 0 Å². The molecule has 0 fully saturated rings. The molecule has 9 heteroatoms. The molecule has 1 aromatic carbocycles. The number of rotatable bonds is 3. The van der Waals surface area contributed by atoms with Crippen LogP contribution in [0.1, 0.15) is 11.9 Å². The average Bonchev–Trinajstić information content (AvgIpc) is 3.04. The zero-order chi connectivity index (χ0) is 14.3. The molecule has 0 radical (unpaired) electrons. The minimum Gasteiger partial charge on any atom is -0.465 e. The number of nitrogens with one attached hydrogen (secondary N) is 1. The van der Waals surface area contributed by atoms with Crippen molar-refractivity contribution in [2.45, 2.75) is 6.17 Å².